The predicted octanol–water partition coefficient (Wildman–Crippen LogP) is 6.95. The molecule has 0 spiro atoms. The fraction of sp³-hybridized carbons (Fsp3) is 0.154. The Morgan fingerprint density at radius 3 is 1.44 bits per heavy atom. The minimum absolute atomic E-state index is 0.0475. The van der Waals surface area contributed by atoms with Crippen molar-refractivity contribution in [1.82, 2.24) is 0 Å². The zero-order valence-electron chi connectivity index (χ0n) is 18.3. The molecule has 0 saturated carbocycles. The summed E-state index contributed by atoms with van der Waals surface area (Å²) in [6, 6.07) is 13.8. The molecule has 0 radical (unpaired) electrons. The Bertz CT molecular complexity index is 1350. The number of ether oxygens (including phenoxy) is 2. The molecule has 0 bridgehead atoms. The lowest BCUT2D eigenvalue weighted by Crippen LogP contribution is -2.07. The molecule has 0 saturated heterocycles. The van der Waals surface area contributed by atoms with E-state index in [1.165, 1.54) is 0 Å². The van der Waals surface area contributed by atoms with Gasteiger partial charge in [0.2, 0.25) is 0 Å². The van der Waals surface area contributed by atoms with Crippen LogP contribution in [-0.4, -0.2) is 35.4 Å². The molecule has 6 nitrogen and oxygen atoms in total. The van der Waals surface area contributed by atoms with Gasteiger partial charge in [-0.25, -0.2) is 9.59 Å². The van der Waals surface area contributed by atoms with Gasteiger partial charge in [0.15, 0.2) is 0 Å². The molecule has 0 fully saturated rings. The molecule has 174 valence electrons. The van der Waals surface area contributed by atoms with Crippen molar-refractivity contribution < 1.29 is 29.3 Å². The summed E-state index contributed by atoms with van der Waals surface area (Å²) in [6.07, 6.45) is 0. The Morgan fingerprint density at radius 1 is 0.706 bits per heavy atom. The molecule has 0 unspecified atom stereocenters. The first kappa shape index (κ1) is 24.0. The largest absolute Gasteiger partial charge is 0.506 e. The van der Waals surface area contributed by atoms with Crippen molar-refractivity contribution in [3.63, 3.8) is 0 Å². The van der Waals surface area contributed by atoms with E-state index < -0.39 is 11.9 Å². The van der Waals surface area contributed by atoms with Gasteiger partial charge in [0.25, 0.3) is 0 Å². The summed E-state index contributed by atoms with van der Waals surface area (Å²) >= 11 is 6.88. The maximum absolute atomic E-state index is 12.7. The number of hydrogen-bond acceptors (Lipinski definition) is 6. The number of rotatable bonds is 5. The van der Waals surface area contributed by atoms with Crippen molar-refractivity contribution in [2.24, 2.45) is 0 Å². The average molecular weight is 588 g/mol. The first-order valence-electron chi connectivity index (χ1n) is 10.5. The van der Waals surface area contributed by atoms with E-state index in [1.54, 1.807) is 62.4 Å². The van der Waals surface area contributed by atoms with Crippen molar-refractivity contribution in [2.45, 2.75) is 13.8 Å². The van der Waals surface area contributed by atoms with Crippen LogP contribution >= 0.6 is 31.9 Å². The number of phenolic OH excluding ortho intramolecular Hbond substituents is 2. The van der Waals surface area contributed by atoms with Gasteiger partial charge in [-0.15, -0.1) is 0 Å². The van der Waals surface area contributed by atoms with E-state index in [2.05, 4.69) is 31.9 Å². The molecule has 0 heterocycles. The summed E-state index contributed by atoms with van der Waals surface area (Å²) in [4.78, 5) is 25.4. The maximum Gasteiger partial charge on any atom is 0.341 e. The zero-order valence-corrected chi connectivity index (χ0v) is 21.5. The fourth-order valence-corrected chi connectivity index (χ4v) is 4.73. The molecule has 0 atom stereocenters. The molecule has 2 N–H and O–H groups in total. The van der Waals surface area contributed by atoms with Gasteiger partial charge in [-0.1, -0.05) is 44.0 Å². The Morgan fingerprint density at radius 2 is 1.09 bits per heavy atom. The summed E-state index contributed by atoms with van der Waals surface area (Å²) < 4.78 is 11.8. The van der Waals surface area contributed by atoms with Gasteiger partial charge in [0.1, 0.15) is 22.6 Å². The van der Waals surface area contributed by atoms with Crippen molar-refractivity contribution >= 4 is 65.3 Å². The summed E-state index contributed by atoms with van der Waals surface area (Å²) in [5.41, 5.74) is 0.329. The monoisotopic (exact) mass is 586 g/mol. The molecule has 0 aromatic heterocycles. The first-order chi connectivity index (χ1) is 16.3. The SMILES string of the molecule is CCOC(=O)c1cc2cc(Br)ccc2c(-c2c(O)c(C(=O)OCC)cc3cc(Br)ccc23)c1O. The Balaban J connectivity index is 2.19. The third-order valence-corrected chi connectivity index (χ3v) is 6.38. The van der Waals surface area contributed by atoms with Gasteiger partial charge in [0, 0.05) is 20.1 Å². The van der Waals surface area contributed by atoms with E-state index in [1.807, 2.05) is 0 Å². The van der Waals surface area contributed by atoms with Crippen molar-refractivity contribution in [1.29, 1.82) is 0 Å². The molecule has 8 heteroatoms. The zero-order chi connectivity index (χ0) is 24.6. The minimum atomic E-state index is -0.698. The third-order valence-electron chi connectivity index (χ3n) is 5.39. The van der Waals surface area contributed by atoms with Gasteiger partial charge in [-0.05, 0) is 71.8 Å². The van der Waals surface area contributed by atoms with Crippen molar-refractivity contribution in [2.75, 3.05) is 13.2 Å². The van der Waals surface area contributed by atoms with Crippen LogP contribution in [0.2, 0.25) is 0 Å². The quantitative estimate of drug-likeness (QED) is 0.245. The number of esters is 2. The van der Waals surface area contributed by atoms with Crippen LogP contribution < -0.4 is 0 Å². The summed E-state index contributed by atoms with van der Waals surface area (Å²) in [6.45, 7) is 3.61. The van der Waals surface area contributed by atoms with Gasteiger partial charge in [-0.2, -0.15) is 0 Å². The van der Waals surface area contributed by atoms with Crippen LogP contribution in [0.25, 0.3) is 32.7 Å². The molecule has 0 aliphatic heterocycles. The number of aromatic hydroxyl groups is 2. The second-order valence-electron chi connectivity index (χ2n) is 7.47. The summed E-state index contributed by atoms with van der Waals surface area (Å²) in [5, 5.41) is 25.1. The first-order valence-corrected chi connectivity index (χ1v) is 12.1. The van der Waals surface area contributed by atoms with Crippen molar-refractivity contribution in [3.8, 4) is 22.6 Å². The fourth-order valence-electron chi connectivity index (χ4n) is 3.97. The lowest BCUT2D eigenvalue weighted by molar-refractivity contribution is 0.0513. The van der Waals surface area contributed by atoms with E-state index in [0.29, 0.717) is 21.5 Å². The molecule has 34 heavy (non-hydrogen) atoms. The van der Waals surface area contributed by atoms with E-state index in [0.717, 1.165) is 8.95 Å². The summed E-state index contributed by atoms with van der Waals surface area (Å²) in [5.74, 6) is -2.10. The van der Waals surface area contributed by atoms with E-state index in [4.69, 9.17) is 9.47 Å². The van der Waals surface area contributed by atoms with Crippen molar-refractivity contribution in [3.05, 3.63) is 68.6 Å². The highest BCUT2D eigenvalue weighted by molar-refractivity contribution is 9.10. The summed E-state index contributed by atoms with van der Waals surface area (Å²) in [7, 11) is 0. The van der Waals surface area contributed by atoms with E-state index in [9.17, 15) is 19.8 Å². The van der Waals surface area contributed by atoms with Crippen LogP contribution in [0.5, 0.6) is 11.5 Å². The van der Waals surface area contributed by atoms with Gasteiger partial charge < -0.3 is 19.7 Å². The average Bonchev–Trinajstić information content (AvgIpc) is 2.79. The Labute approximate surface area is 212 Å². The third kappa shape index (κ3) is 4.23. The molecule has 4 aromatic rings. The number of benzene rings is 4. The second kappa shape index (κ2) is 9.64. The minimum Gasteiger partial charge on any atom is -0.506 e. The number of carbonyl (C=O) groups excluding carboxylic acids is 2. The molecular weight excluding hydrogens is 568 g/mol. The van der Waals surface area contributed by atoms with Gasteiger partial charge >= 0.3 is 11.9 Å². The highest BCUT2D eigenvalue weighted by Crippen LogP contribution is 2.48. The van der Waals surface area contributed by atoms with Crippen LogP contribution in [0, 0.1) is 0 Å². The Kier molecular flexibility index (Phi) is 6.81. The normalized spacial score (nSPS) is 11.1. The smallest absolute Gasteiger partial charge is 0.341 e. The van der Waals surface area contributed by atoms with Gasteiger partial charge in [-0.3, -0.25) is 0 Å². The van der Waals surface area contributed by atoms with Crippen LogP contribution in [0.3, 0.4) is 0 Å². The molecule has 4 aromatic carbocycles. The molecule has 0 aliphatic carbocycles. The standard InChI is InChI=1S/C26H20Br2O6/c1-3-33-25(31)19-11-13-9-15(27)5-7-17(13)21(23(19)29)22-18-8-6-16(28)10-14(18)12-20(24(22)30)26(32)34-4-2/h5-12,29-30H,3-4H2,1-2H3. The maximum atomic E-state index is 12.7. The topological polar surface area (TPSA) is 93.1 Å². The lowest BCUT2D eigenvalue weighted by Gasteiger charge is -2.18. The molecule has 0 amide bonds. The number of carbonyl (C=O) groups is 2. The lowest BCUT2D eigenvalue weighted by atomic mass is 9.89. The Hall–Kier alpha value is -3.10. The number of halogens is 2. The van der Waals surface area contributed by atoms with Crippen LogP contribution in [0.15, 0.2) is 57.5 Å². The molecule has 0 aliphatic rings. The second-order valence-corrected chi connectivity index (χ2v) is 9.30. The van der Waals surface area contributed by atoms with E-state index in [-0.39, 0.29) is 47.0 Å². The van der Waals surface area contributed by atoms with Gasteiger partial charge in [0.05, 0.1) is 13.2 Å². The molecular formula is C26H20Br2O6. The number of fused-ring (bicyclic) bond motifs is 2. The predicted molar refractivity (Wildman–Crippen MR) is 138 cm³/mol. The van der Waals surface area contributed by atoms with Crippen LogP contribution in [-0.2, 0) is 9.47 Å². The highest BCUT2D eigenvalue weighted by atomic mass is 79.9. The van der Waals surface area contributed by atoms with Crippen LogP contribution in [0.4, 0.5) is 0 Å². The molecule has 4 rings (SSSR count). The number of phenols is 2. The van der Waals surface area contributed by atoms with E-state index >= 15 is 0 Å². The van der Waals surface area contributed by atoms with Crippen LogP contribution in [0.1, 0.15) is 34.6 Å². The number of hydrogen-bond donors (Lipinski definition) is 2. The highest BCUT2D eigenvalue weighted by Gasteiger charge is 2.27.